The first-order chi connectivity index (χ1) is 13.0. The number of hydrogen-bond acceptors (Lipinski definition) is 7. The normalized spacial score (nSPS) is 15.3. The number of nitrogens with zero attached hydrogens (tertiary/aromatic N) is 4. The van der Waals surface area contributed by atoms with Crippen LogP contribution in [0.25, 0.3) is 0 Å². The van der Waals surface area contributed by atoms with Gasteiger partial charge in [0.25, 0.3) is 10.0 Å². The fourth-order valence-corrected chi connectivity index (χ4v) is 5.42. The molecule has 3 rings (SSSR count). The van der Waals surface area contributed by atoms with Crippen molar-refractivity contribution < 1.29 is 17.9 Å². The number of carbonyl (C=O) groups is 1. The lowest BCUT2D eigenvalue weighted by atomic mass is 10.1. The van der Waals surface area contributed by atoms with E-state index in [4.69, 9.17) is 10.00 Å². The number of ether oxygens (including phenoxy) is 1. The third-order valence-corrected chi connectivity index (χ3v) is 6.87. The predicted octanol–water partition coefficient (Wildman–Crippen LogP) is 1.33. The van der Waals surface area contributed by atoms with Crippen molar-refractivity contribution in [1.82, 2.24) is 14.1 Å². The van der Waals surface area contributed by atoms with Gasteiger partial charge in [-0.3, -0.25) is 4.68 Å². The SMILES string of the molecule is COC(=O)c1cn(Cc2cccc(C#N)c2)nc1S(=O)(=O)N1CCSCC1. The van der Waals surface area contributed by atoms with Gasteiger partial charge in [0, 0.05) is 30.8 Å². The summed E-state index contributed by atoms with van der Waals surface area (Å²) in [6.45, 7) is 0.986. The van der Waals surface area contributed by atoms with Gasteiger partial charge in [-0.15, -0.1) is 0 Å². The molecule has 2 heterocycles. The Labute approximate surface area is 161 Å². The van der Waals surface area contributed by atoms with Crippen LogP contribution in [0.4, 0.5) is 0 Å². The third kappa shape index (κ3) is 4.16. The van der Waals surface area contributed by atoms with Gasteiger partial charge in [0.1, 0.15) is 5.56 Å². The molecule has 8 nitrogen and oxygen atoms in total. The Balaban J connectivity index is 1.98. The Bertz CT molecular complexity index is 989. The summed E-state index contributed by atoms with van der Waals surface area (Å²) in [7, 11) is -2.70. The average molecular weight is 406 g/mol. The van der Waals surface area contributed by atoms with E-state index in [1.54, 1.807) is 36.0 Å². The summed E-state index contributed by atoms with van der Waals surface area (Å²) in [5.74, 6) is 0.653. The van der Waals surface area contributed by atoms with Gasteiger partial charge in [0.2, 0.25) is 5.03 Å². The molecule has 0 saturated carbocycles. The van der Waals surface area contributed by atoms with Crippen LogP contribution in [0.15, 0.2) is 35.5 Å². The van der Waals surface area contributed by atoms with E-state index >= 15 is 0 Å². The molecule has 1 aromatic carbocycles. The first kappa shape index (κ1) is 19.4. The summed E-state index contributed by atoms with van der Waals surface area (Å²) < 4.78 is 33.4. The number of aromatic nitrogens is 2. The van der Waals surface area contributed by atoms with Crippen LogP contribution in [0.5, 0.6) is 0 Å². The van der Waals surface area contributed by atoms with Crippen molar-refractivity contribution in [3.8, 4) is 6.07 Å². The van der Waals surface area contributed by atoms with Crippen molar-refractivity contribution in [1.29, 1.82) is 5.26 Å². The number of methoxy groups -OCH3 is 1. The van der Waals surface area contributed by atoms with Gasteiger partial charge in [0.05, 0.1) is 25.3 Å². The van der Waals surface area contributed by atoms with E-state index in [-0.39, 0.29) is 17.1 Å². The second-order valence-electron chi connectivity index (χ2n) is 5.87. The monoisotopic (exact) mass is 406 g/mol. The average Bonchev–Trinajstić information content (AvgIpc) is 3.13. The number of sulfonamides is 1. The molecule has 142 valence electrons. The van der Waals surface area contributed by atoms with Crippen LogP contribution in [0, 0.1) is 11.3 Å². The minimum absolute atomic E-state index is 0.0906. The summed E-state index contributed by atoms with van der Waals surface area (Å²) in [4.78, 5) is 12.1. The van der Waals surface area contributed by atoms with Crippen LogP contribution in [0.2, 0.25) is 0 Å². The summed E-state index contributed by atoms with van der Waals surface area (Å²) in [5, 5.41) is 12.9. The lowest BCUT2D eigenvalue weighted by molar-refractivity contribution is 0.0596. The highest BCUT2D eigenvalue weighted by molar-refractivity contribution is 7.99. The minimum Gasteiger partial charge on any atom is -0.465 e. The summed E-state index contributed by atoms with van der Waals surface area (Å²) in [6, 6.07) is 8.96. The lowest BCUT2D eigenvalue weighted by Gasteiger charge is -2.24. The van der Waals surface area contributed by atoms with E-state index in [0.29, 0.717) is 30.2 Å². The molecule has 1 saturated heterocycles. The van der Waals surface area contributed by atoms with Gasteiger partial charge < -0.3 is 4.74 Å². The summed E-state index contributed by atoms with van der Waals surface area (Å²) in [6.07, 6.45) is 1.37. The van der Waals surface area contributed by atoms with Crippen LogP contribution < -0.4 is 0 Å². The van der Waals surface area contributed by atoms with Gasteiger partial charge in [-0.25, -0.2) is 13.2 Å². The molecule has 0 N–H and O–H groups in total. The molecule has 2 aromatic rings. The zero-order chi connectivity index (χ0) is 19.4. The number of hydrogen-bond donors (Lipinski definition) is 0. The number of thioether (sulfide) groups is 1. The molecule has 0 unspecified atom stereocenters. The first-order valence-corrected chi connectivity index (χ1v) is 10.8. The van der Waals surface area contributed by atoms with Gasteiger partial charge in [0.15, 0.2) is 0 Å². The van der Waals surface area contributed by atoms with E-state index in [0.717, 1.165) is 5.56 Å². The van der Waals surface area contributed by atoms with Gasteiger partial charge in [-0.05, 0) is 17.7 Å². The fourth-order valence-electron chi connectivity index (χ4n) is 2.76. The minimum atomic E-state index is -3.90. The Hall–Kier alpha value is -2.35. The maximum Gasteiger partial charge on any atom is 0.342 e. The summed E-state index contributed by atoms with van der Waals surface area (Å²) in [5.41, 5.74) is 1.17. The maximum atomic E-state index is 13.0. The van der Waals surface area contributed by atoms with Crippen molar-refractivity contribution in [2.24, 2.45) is 0 Å². The van der Waals surface area contributed by atoms with Crippen LogP contribution in [0.3, 0.4) is 0 Å². The molecule has 0 atom stereocenters. The van der Waals surface area contributed by atoms with E-state index in [2.05, 4.69) is 11.2 Å². The molecular weight excluding hydrogens is 388 g/mol. The van der Waals surface area contributed by atoms with Crippen molar-refractivity contribution in [2.45, 2.75) is 11.6 Å². The van der Waals surface area contributed by atoms with E-state index < -0.39 is 16.0 Å². The van der Waals surface area contributed by atoms with Crippen LogP contribution >= 0.6 is 11.8 Å². The molecule has 0 bridgehead atoms. The van der Waals surface area contributed by atoms with Gasteiger partial charge >= 0.3 is 5.97 Å². The number of esters is 1. The first-order valence-electron chi connectivity index (χ1n) is 8.18. The Morgan fingerprint density at radius 3 is 2.78 bits per heavy atom. The highest BCUT2D eigenvalue weighted by atomic mass is 32.2. The quantitative estimate of drug-likeness (QED) is 0.690. The standard InChI is InChI=1S/C17H18N4O4S2/c1-25-17(22)15-12-20(11-14-4-2-3-13(9-14)10-18)19-16(15)27(23,24)21-5-7-26-8-6-21/h2-4,9,12H,5-8,11H2,1H3. The van der Waals surface area contributed by atoms with Crippen molar-refractivity contribution in [3.05, 3.63) is 47.2 Å². The van der Waals surface area contributed by atoms with Crippen molar-refractivity contribution in [3.63, 3.8) is 0 Å². The largest absolute Gasteiger partial charge is 0.465 e. The van der Waals surface area contributed by atoms with Crippen LogP contribution in [0.1, 0.15) is 21.5 Å². The van der Waals surface area contributed by atoms with E-state index in [1.165, 1.54) is 22.3 Å². The van der Waals surface area contributed by atoms with E-state index in [1.807, 2.05) is 0 Å². The number of nitriles is 1. The van der Waals surface area contributed by atoms with Gasteiger partial charge in [-0.1, -0.05) is 12.1 Å². The number of benzene rings is 1. The second kappa shape index (κ2) is 8.12. The number of rotatable bonds is 5. The molecule has 0 spiro atoms. The molecule has 1 aliphatic heterocycles. The highest BCUT2D eigenvalue weighted by Crippen LogP contribution is 2.23. The lowest BCUT2D eigenvalue weighted by Crippen LogP contribution is -2.38. The molecule has 1 fully saturated rings. The van der Waals surface area contributed by atoms with Crippen LogP contribution in [-0.4, -0.2) is 60.2 Å². The zero-order valence-electron chi connectivity index (χ0n) is 14.7. The summed E-state index contributed by atoms with van der Waals surface area (Å²) >= 11 is 1.69. The topological polar surface area (TPSA) is 105 Å². The zero-order valence-corrected chi connectivity index (χ0v) is 16.3. The molecular formula is C17H18N4O4S2. The van der Waals surface area contributed by atoms with Crippen molar-refractivity contribution in [2.75, 3.05) is 31.7 Å². The molecule has 1 aromatic heterocycles. The molecule has 10 heteroatoms. The fraction of sp³-hybridized carbons (Fsp3) is 0.353. The smallest absolute Gasteiger partial charge is 0.342 e. The third-order valence-electron chi connectivity index (χ3n) is 4.09. The van der Waals surface area contributed by atoms with Crippen molar-refractivity contribution >= 4 is 27.8 Å². The van der Waals surface area contributed by atoms with E-state index in [9.17, 15) is 13.2 Å². The maximum absolute atomic E-state index is 13.0. The molecule has 1 aliphatic rings. The van der Waals surface area contributed by atoms with Gasteiger partial charge in [-0.2, -0.15) is 26.4 Å². The number of carbonyl (C=O) groups excluding carboxylic acids is 1. The second-order valence-corrected chi connectivity index (χ2v) is 8.94. The molecule has 0 radical (unpaired) electrons. The molecule has 0 aliphatic carbocycles. The molecule has 0 amide bonds. The Morgan fingerprint density at radius 2 is 2.11 bits per heavy atom. The Morgan fingerprint density at radius 1 is 1.37 bits per heavy atom. The van der Waals surface area contributed by atoms with Crippen LogP contribution in [-0.2, 0) is 21.3 Å². The predicted molar refractivity (Wildman–Crippen MR) is 99.9 cm³/mol. The molecule has 27 heavy (non-hydrogen) atoms. The Kier molecular flexibility index (Phi) is 5.84. The highest BCUT2D eigenvalue weighted by Gasteiger charge is 2.34.